The Bertz CT molecular complexity index is 716. The molecular formula is C19H20N2O3. The molecule has 2 aromatic rings. The van der Waals surface area contributed by atoms with Gasteiger partial charge in [0.1, 0.15) is 0 Å². The highest BCUT2D eigenvalue weighted by Crippen LogP contribution is 2.34. The third-order valence-electron chi connectivity index (χ3n) is 3.66. The molecule has 0 aromatic heterocycles. The maximum atomic E-state index is 12.3. The molecule has 2 aromatic carbocycles. The third kappa shape index (κ3) is 4.14. The minimum atomic E-state index is -0.0772. The van der Waals surface area contributed by atoms with E-state index in [4.69, 9.17) is 9.47 Å². The van der Waals surface area contributed by atoms with Crippen LogP contribution in [-0.2, 0) is 11.3 Å². The molecule has 24 heavy (non-hydrogen) atoms. The summed E-state index contributed by atoms with van der Waals surface area (Å²) in [6.45, 7) is 5.61. The van der Waals surface area contributed by atoms with Crippen LogP contribution in [-0.4, -0.2) is 30.7 Å². The summed E-state index contributed by atoms with van der Waals surface area (Å²) in [7, 11) is 0. The number of hydrogen-bond donors (Lipinski definition) is 1. The Morgan fingerprint density at radius 2 is 1.96 bits per heavy atom. The summed E-state index contributed by atoms with van der Waals surface area (Å²) >= 11 is 0. The third-order valence-corrected chi connectivity index (χ3v) is 3.66. The van der Waals surface area contributed by atoms with Gasteiger partial charge >= 0.3 is 0 Å². The molecule has 5 nitrogen and oxygen atoms in total. The highest BCUT2D eigenvalue weighted by Gasteiger charge is 2.15. The largest absolute Gasteiger partial charge is 0.454 e. The van der Waals surface area contributed by atoms with Crippen molar-refractivity contribution in [3.05, 3.63) is 66.7 Å². The van der Waals surface area contributed by atoms with E-state index >= 15 is 0 Å². The van der Waals surface area contributed by atoms with Crippen molar-refractivity contribution < 1.29 is 14.3 Å². The zero-order valence-corrected chi connectivity index (χ0v) is 13.4. The van der Waals surface area contributed by atoms with Gasteiger partial charge in [0, 0.05) is 24.8 Å². The molecule has 0 spiro atoms. The molecule has 0 unspecified atom stereocenters. The Morgan fingerprint density at radius 3 is 2.75 bits per heavy atom. The van der Waals surface area contributed by atoms with Gasteiger partial charge in [-0.2, -0.15) is 0 Å². The summed E-state index contributed by atoms with van der Waals surface area (Å²) in [4.78, 5) is 14.4. The van der Waals surface area contributed by atoms with Gasteiger partial charge in [-0.25, -0.2) is 0 Å². The zero-order valence-electron chi connectivity index (χ0n) is 13.4. The number of benzene rings is 2. The van der Waals surface area contributed by atoms with Crippen LogP contribution in [0.1, 0.15) is 5.56 Å². The number of anilines is 1. The van der Waals surface area contributed by atoms with Crippen LogP contribution in [0.2, 0.25) is 0 Å². The minimum Gasteiger partial charge on any atom is -0.454 e. The van der Waals surface area contributed by atoms with Crippen LogP contribution < -0.4 is 14.8 Å². The fraction of sp³-hybridized carbons (Fsp3) is 0.211. The van der Waals surface area contributed by atoms with E-state index in [1.807, 2.05) is 35.2 Å². The molecule has 0 saturated carbocycles. The molecule has 0 saturated heterocycles. The molecule has 3 rings (SSSR count). The molecule has 1 aliphatic rings. The fourth-order valence-electron chi connectivity index (χ4n) is 2.59. The SMILES string of the molecule is C=CCN(CC(=O)Nc1ccc2c(c1)OCO2)Cc1ccccc1. The summed E-state index contributed by atoms with van der Waals surface area (Å²) < 4.78 is 10.6. The number of fused-ring (bicyclic) bond motifs is 1. The predicted octanol–water partition coefficient (Wildman–Crippen LogP) is 3.04. The Hall–Kier alpha value is -2.79. The van der Waals surface area contributed by atoms with Crippen LogP contribution in [0.15, 0.2) is 61.2 Å². The lowest BCUT2D eigenvalue weighted by Crippen LogP contribution is -2.33. The van der Waals surface area contributed by atoms with Gasteiger partial charge in [0.05, 0.1) is 6.54 Å². The quantitative estimate of drug-likeness (QED) is 0.795. The van der Waals surface area contributed by atoms with Crippen molar-refractivity contribution in [1.82, 2.24) is 4.90 Å². The normalized spacial score (nSPS) is 12.2. The highest BCUT2D eigenvalue weighted by atomic mass is 16.7. The highest BCUT2D eigenvalue weighted by molar-refractivity contribution is 5.92. The van der Waals surface area contributed by atoms with Crippen molar-refractivity contribution in [1.29, 1.82) is 0 Å². The van der Waals surface area contributed by atoms with Gasteiger partial charge in [-0.1, -0.05) is 36.4 Å². The first-order chi connectivity index (χ1) is 11.7. The minimum absolute atomic E-state index is 0.0772. The second kappa shape index (κ2) is 7.66. The lowest BCUT2D eigenvalue weighted by Gasteiger charge is -2.20. The van der Waals surface area contributed by atoms with Gasteiger partial charge in [-0.05, 0) is 17.7 Å². The van der Waals surface area contributed by atoms with Crippen LogP contribution in [0.4, 0.5) is 5.69 Å². The molecule has 1 amide bonds. The first-order valence-corrected chi connectivity index (χ1v) is 7.81. The smallest absolute Gasteiger partial charge is 0.238 e. The topological polar surface area (TPSA) is 50.8 Å². The maximum Gasteiger partial charge on any atom is 0.238 e. The van der Waals surface area contributed by atoms with Gasteiger partial charge < -0.3 is 14.8 Å². The number of carbonyl (C=O) groups is 1. The molecule has 0 bridgehead atoms. The summed E-state index contributed by atoms with van der Waals surface area (Å²) in [5, 5.41) is 2.90. The molecule has 0 fully saturated rings. The van der Waals surface area contributed by atoms with E-state index in [-0.39, 0.29) is 19.2 Å². The Balaban J connectivity index is 1.60. The molecule has 0 aliphatic carbocycles. The van der Waals surface area contributed by atoms with E-state index in [0.717, 1.165) is 5.56 Å². The second-order valence-electron chi connectivity index (χ2n) is 5.56. The lowest BCUT2D eigenvalue weighted by molar-refractivity contribution is -0.117. The molecule has 0 radical (unpaired) electrons. The molecule has 5 heteroatoms. The Labute approximate surface area is 141 Å². The van der Waals surface area contributed by atoms with Crippen LogP contribution in [0.5, 0.6) is 11.5 Å². The lowest BCUT2D eigenvalue weighted by atomic mass is 10.2. The molecule has 1 heterocycles. The first kappa shape index (κ1) is 16.1. The Morgan fingerprint density at radius 1 is 1.17 bits per heavy atom. The first-order valence-electron chi connectivity index (χ1n) is 7.81. The monoisotopic (exact) mass is 324 g/mol. The Kier molecular flexibility index (Phi) is 5.13. The molecule has 0 atom stereocenters. The average molecular weight is 324 g/mol. The van der Waals surface area contributed by atoms with Crippen molar-refractivity contribution in [3.8, 4) is 11.5 Å². The van der Waals surface area contributed by atoms with Crippen LogP contribution in [0, 0.1) is 0 Å². The number of nitrogens with zero attached hydrogens (tertiary/aromatic N) is 1. The predicted molar refractivity (Wildman–Crippen MR) is 93.1 cm³/mol. The van der Waals surface area contributed by atoms with Gasteiger partial charge in [0.25, 0.3) is 0 Å². The van der Waals surface area contributed by atoms with E-state index in [2.05, 4.69) is 11.9 Å². The number of amides is 1. The summed E-state index contributed by atoms with van der Waals surface area (Å²) in [6.07, 6.45) is 1.80. The van der Waals surface area contributed by atoms with Crippen LogP contribution >= 0.6 is 0 Å². The van der Waals surface area contributed by atoms with Gasteiger partial charge in [-0.3, -0.25) is 9.69 Å². The van der Waals surface area contributed by atoms with Crippen molar-refractivity contribution in [2.45, 2.75) is 6.54 Å². The van der Waals surface area contributed by atoms with Crippen molar-refractivity contribution in [3.63, 3.8) is 0 Å². The van der Waals surface area contributed by atoms with Gasteiger partial charge in [0.2, 0.25) is 12.7 Å². The van der Waals surface area contributed by atoms with E-state index < -0.39 is 0 Å². The van der Waals surface area contributed by atoms with Crippen LogP contribution in [0.25, 0.3) is 0 Å². The molecule has 1 N–H and O–H groups in total. The number of ether oxygens (including phenoxy) is 2. The van der Waals surface area contributed by atoms with Crippen LogP contribution in [0.3, 0.4) is 0 Å². The molecular weight excluding hydrogens is 304 g/mol. The van der Waals surface area contributed by atoms with E-state index in [1.54, 1.807) is 24.3 Å². The average Bonchev–Trinajstić information content (AvgIpc) is 3.03. The summed E-state index contributed by atoms with van der Waals surface area (Å²) in [5.41, 5.74) is 1.86. The van der Waals surface area contributed by atoms with E-state index in [9.17, 15) is 4.79 Å². The number of hydrogen-bond acceptors (Lipinski definition) is 4. The van der Waals surface area contributed by atoms with Crippen molar-refractivity contribution in [2.24, 2.45) is 0 Å². The molecule has 124 valence electrons. The van der Waals surface area contributed by atoms with Crippen molar-refractivity contribution in [2.75, 3.05) is 25.2 Å². The maximum absolute atomic E-state index is 12.3. The fourth-order valence-corrected chi connectivity index (χ4v) is 2.59. The van der Waals surface area contributed by atoms with Crippen molar-refractivity contribution >= 4 is 11.6 Å². The van der Waals surface area contributed by atoms with E-state index in [0.29, 0.717) is 30.3 Å². The standard InChI is InChI=1S/C19H20N2O3/c1-2-10-21(12-15-6-4-3-5-7-15)13-19(22)20-16-8-9-17-18(11-16)24-14-23-17/h2-9,11H,1,10,12-14H2,(H,20,22). The van der Waals surface area contributed by atoms with Gasteiger partial charge in [0.15, 0.2) is 11.5 Å². The second-order valence-corrected chi connectivity index (χ2v) is 5.56. The zero-order chi connectivity index (χ0) is 16.8. The number of rotatable bonds is 7. The summed E-state index contributed by atoms with van der Waals surface area (Å²) in [5.74, 6) is 1.28. The number of carbonyl (C=O) groups excluding carboxylic acids is 1. The molecule has 1 aliphatic heterocycles. The van der Waals surface area contributed by atoms with Gasteiger partial charge in [-0.15, -0.1) is 6.58 Å². The summed E-state index contributed by atoms with van der Waals surface area (Å²) in [6, 6.07) is 15.4. The number of nitrogens with one attached hydrogen (secondary N) is 1. The van der Waals surface area contributed by atoms with E-state index in [1.165, 1.54) is 0 Å².